The Kier molecular flexibility index (Phi) is 5.52. The van der Waals surface area contributed by atoms with Gasteiger partial charge in [-0.25, -0.2) is 4.79 Å². The zero-order chi connectivity index (χ0) is 21.1. The average molecular weight is 407 g/mol. The second kappa shape index (κ2) is 8.41. The number of carbonyl (C=O) groups excluding carboxylic acids is 1. The van der Waals surface area contributed by atoms with E-state index in [1.165, 1.54) is 0 Å². The van der Waals surface area contributed by atoms with Gasteiger partial charge in [-0.15, -0.1) is 0 Å². The normalized spacial score (nSPS) is 15.3. The molecule has 7 heteroatoms. The molecule has 30 heavy (non-hydrogen) atoms. The molecule has 0 radical (unpaired) electrons. The van der Waals surface area contributed by atoms with Crippen molar-refractivity contribution in [2.75, 3.05) is 33.2 Å². The minimum Gasteiger partial charge on any atom is -0.497 e. The number of nitrogens with one attached hydrogen (secondary N) is 1. The first-order valence-electron chi connectivity index (χ1n) is 9.73. The van der Waals surface area contributed by atoms with Gasteiger partial charge in [0.25, 0.3) is 0 Å². The van der Waals surface area contributed by atoms with Crippen LogP contribution in [0.5, 0.6) is 17.2 Å². The first-order chi connectivity index (χ1) is 14.6. The number of hydrogen-bond donors (Lipinski definition) is 1. The molecule has 1 N–H and O–H groups in total. The minimum atomic E-state index is -0.205. The standard InChI is InChI=1S/C23H25N3O4/c1-28-17-8-6-16(7-9-17)22-20-5-4-12-25(20)13-14-26(22)23(27)24-19-11-10-18(29-2)15-21(19)30-3/h4-12,15,22H,13-14H2,1-3H3,(H,24,27)/t22-/m1/s1. The molecule has 1 aliphatic heterocycles. The summed E-state index contributed by atoms with van der Waals surface area (Å²) in [6.07, 6.45) is 2.05. The van der Waals surface area contributed by atoms with Crippen LogP contribution in [0.3, 0.4) is 0 Å². The predicted molar refractivity (Wildman–Crippen MR) is 115 cm³/mol. The van der Waals surface area contributed by atoms with Crippen molar-refractivity contribution in [3.63, 3.8) is 0 Å². The number of nitrogens with zero attached hydrogens (tertiary/aromatic N) is 2. The second-order valence-electron chi connectivity index (χ2n) is 6.99. The van der Waals surface area contributed by atoms with E-state index in [2.05, 4.69) is 16.0 Å². The van der Waals surface area contributed by atoms with Crippen molar-refractivity contribution in [3.8, 4) is 17.2 Å². The summed E-state index contributed by atoms with van der Waals surface area (Å²) >= 11 is 0. The van der Waals surface area contributed by atoms with Gasteiger partial charge in [-0.2, -0.15) is 0 Å². The van der Waals surface area contributed by atoms with Crippen LogP contribution in [0.2, 0.25) is 0 Å². The number of benzene rings is 2. The zero-order valence-electron chi connectivity index (χ0n) is 17.3. The molecule has 0 bridgehead atoms. The van der Waals surface area contributed by atoms with Crippen molar-refractivity contribution in [3.05, 3.63) is 72.1 Å². The van der Waals surface area contributed by atoms with Crippen molar-refractivity contribution in [1.29, 1.82) is 0 Å². The Morgan fingerprint density at radius 3 is 2.37 bits per heavy atom. The monoisotopic (exact) mass is 407 g/mol. The summed E-state index contributed by atoms with van der Waals surface area (Å²) in [6.45, 7) is 1.32. The maximum Gasteiger partial charge on any atom is 0.322 e. The number of hydrogen-bond acceptors (Lipinski definition) is 4. The molecule has 1 atom stereocenters. The molecule has 2 amide bonds. The van der Waals surface area contributed by atoms with E-state index >= 15 is 0 Å². The largest absolute Gasteiger partial charge is 0.497 e. The molecule has 0 saturated heterocycles. The molecular weight excluding hydrogens is 382 g/mol. The van der Waals surface area contributed by atoms with Crippen LogP contribution in [0, 0.1) is 0 Å². The number of aromatic nitrogens is 1. The van der Waals surface area contributed by atoms with Gasteiger partial charge in [0.1, 0.15) is 17.2 Å². The summed E-state index contributed by atoms with van der Waals surface area (Å²) < 4.78 is 18.1. The van der Waals surface area contributed by atoms with Crippen molar-refractivity contribution in [2.24, 2.45) is 0 Å². The molecule has 3 aromatic rings. The van der Waals surface area contributed by atoms with E-state index in [1.54, 1.807) is 39.5 Å². The van der Waals surface area contributed by atoms with Gasteiger partial charge >= 0.3 is 6.03 Å². The molecule has 0 saturated carbocycles. The number of urea groups is 1. The van der Waals surface area contributed by atoms with Crippen molar-refractivity contribution in [1.82, 2.24) is 9.47 Å². The maximum atomic E-state index is 13.3. The van der Waals surface area contributed by atoms with E-state index in [0.717, 1.165) is 23.6 Å². The van der Waals surface area contributed by atoms with Crippen LogP contribution in [-0.2, 0) is 6.54 Å². The van der Waals surface area contributed by atoms with Crippen molar-refractivity contribution in [2.45, 2.75) is 12.6 Å². The van der Waals surface area contributed by atoms with E-state index in [0.29, 0.717) is 23.7 Å². The highest BCUT2D eigenvalue weighted by atomic mass is 16.5. The van der Waals surface area contributed by atoms with Gasteiger partial charge in [0, 0.05) is 31.0 Å². The zero-order valence-corrected chi connectivity index (χ0v) is 17.3. The Morgan fingerprint density at radius 1 is 0.933 bits per heavy atom. The van der Waals surface area contributed by atoms with Crippen molar-refractivity contribution < 1.29 is 19.0 Å². The average Bonchev–Trinajstić information content (AvgIpc) is 3.27. The summed E-state index contributed by atoms with van der Waals surface area (Å²) in [7, 11) is 4.80. The second-order valence-corrected chi connectivity index (χ2v) is 6.99. The highest BCUT2D eigenvalue weighted by molar-refractivity contribution is 5.91. The third-order valence-electron chi connectivity index (χ3n) is 5.38. The Labute approximate surface area is 175 Å². The van der Waals surface area contributed by atoms with Gasteiger partial charge in [-0.05, 0) is 42.0 Å². The fourth-order valence-corrected chi connectivity index (χ4v) is 3.83. The van der Waals surface area contributed by atoms with E-state index < -0.39 is 0 Å². The fraction of sp³-hybridized carbons (Fsp3) is 0.261. The molecule has 0 spiro atoms. The number of methoxy groups -OCH3 is 3. The van der Waals surface area contributed by atoms with Crippen LogP contribution >= 0.6 is 0 Å². The molecule has 0 fully saturated rings. The summed E-state index contributed by atoms with van der Waals surface area (Å²) in [5, 5.41) is 3.00. The maximum absolute atomic E-state index is 13.3. The fourth-order valence-electron chi connectivity index (χ4n) is 3.83. The van der Waals surface area contributed by atoms with Crippen LogP contribution in [0.25, 0.3) is 0 Å². The first kappa shape index (κ1) is 19.7. The van der Waals surface area contributed by atoms with Crippen LogP contribution in [0.1, 0.15) is 17.3 Å². The molecular formula is C23H25N3O4. The summed E-state index contributed by atoms with van der Waals surface area (Å²) in [4.78, 5) is 15.2. The van der Waals surface area contributed by atoms with Crippen molar-refractivity contribution >= 4 is 11.7 Å². The Bertz CT molecular complexity index is 1030. The number of carbonyl (C=O) groups is 1. The first-order valence-corrected chi connectivity index (χ1v) is 9.73. The molecule has 2 heterocycles. The smallest absolute Gasteiger partial charge is 0.322 e. The summed E-state index contributed by atoms with van der Waals surface area (Å²) in [6, 6.07) is 16.8. The lowest BCUT2D eigenvalue weighted by atomic mass is 10.00. The van der Waals surface area contributed by atoms with Gasteiger partial charge in [0.2, 0.25) is 0 Å². The van der Waals surface area contributed by atoms with Gasteiger partial charge in [0.15, 0.2) is 0 Å². The van der Waals surface area contributed by atoms with E-state index in [1.807, 2.05) is 41.4 Å². The lowest BCUT2D eigenvalue weighted by Gasteiger charge is -2.37. The summed E-state index contributed by atoms with van der Waals surface area (Å²) in [5.41, 5.74) is 2.69. The number of ether oxygens (including phenoxy) is 3. The van der Waals surface area contributed by atoms with Crippen LogP contribution in [0.15, 0.2) is 60.8 Å². The molecule has 4 rings (SSSR count). The minimum absolute atomic E-state index is 0.188. The van der Waals surface area contributed by atoms with Gasteiger partial charge in [-0.1, -0.05) is 12.1 Å². The van der Waals surface area contributed by atoms with Gasteiger partial charge in [-0.3, -0.25) is 0 Å². The van der Waals surface area contributed by atoms with E-state index in [4.69, 9.17) is 14.2 Å². The third kappa shape index (κ3) is 3.66. The van der Waals surface area contributed by atoms with E-state index in [-0.39, 0.29) is 12.1 Å². The van der Waals surface area contributed by atoms with E-state index in [9.17, 15) is 4.79 Å². The predicted octanol–water partition coefficient (Wildman–Crippen LogP) is 4.15. The molecule has 156 valence electrons. The number of rotatable bonds is 5. The quantitative estimate of drug-likeness (QED) is 0.690. The molecule has 1 aromatic heterocycles. The molecule has 2 aromatic carbocycles. The van der Waals surface area contributed by atoms with Gasteiger partial charge < -0.3 is 29.0 Å². The number of fused-ring (bicyclic) bond motifs is 1. The SMILES string of the molecule is COc1ccc([C@@H]2c3cccn3CCN2C(=O)Nc2ccc(OC)cc2OC)cc1. The lowest BCUT2D eigenvalue weighted by molar-refractivity contribution is 0.181. The lowest BCUT2D eigenvalue weighted by Crippen LogP contribution is -2.44. The van der Waals surface area contributed by atoms with Crippen LogP contribution in [0.4, 0.5) is 10.5 Å². The molecule has 0 unspecified atom stereocenters. The highest BCUT2D eigenvalue weighted by Gasteiger charge is 2.32. The Hall–Kier alpha value is -3.61. The van der Waals surface area contributed by atoms with Crippen LogP contribution in [-0.4, -0.2) is 43.4 Å². The summed E-state index contributed by atoms with van der Waals surface area (Å²) in [5.74, 6) is 1.99. The number of anilines is 1. The molecule has 0 aliphatic carbocycles. The third-order valence-corrected chi connectivity index (χ3v) is 5.38. The Morgan fingerprint density at radius 2 is 1.67 bits per heavy atom. The topological polar surface area (TPSA) is 65.0 Å². The Balaban J connectivity index is 1.65. The van der Waals surface area contributed by atoms with Gasteiger partial charge in [0.05, 0.1) is 33.1 Å². The molecule has 1 aliphatic rings. The molecule has 7 nitrogen and oxygen atoms in total. The highest BCUT2D eigenvalue weighted by Crippen LogP contribution is 2.35. The van der Waals surface area contributed by atoms with Crippen LogP contribution < -0.4 is 19.5 Å². The number of amides is 2.